The summed E-state index contributed by atoms with van der Waals surface area (Å²) in [6, 6.07) is 12.0. The zero-order valence-electron chi connectivity index (χ0n) is 21.4. The second-order valence-electron chi connectivity index (χ2n) is 10.2. The lowest BCUT2D eigenvalue weighted by Crippen LogP contribution is -2.48. The second kappa shape index (κ2) is 10.6. The summed E-state index contributed by atoms with van der Waals surface area (Å²) in [6.45, 7) is 3.94. The van der Waals surface area contributed by atoms with Crippen LogP contribution >= 0.6 is 0 Å². The van der Waals surface area contributed by atoms with Gasteiger partial charge in [-0.2, -0.15) is 5.10 Å². The van der Waals surface area contributed by atoms with E-state index in [0.29, 0.717) is 17.8 Å². The normalized spacial score (nSPS) is 21.2. The topological polar surface area (TPSA) is 126 Å². The molecule has 3 atom stereocenters. The smallest absolute Gasteiger partial charge is 0.273 e. The van der Waals surface area contributed by atoms with Crippen LogP contribution in [-0.2, 0) is 14.8 Å². The number of likely N-dealkylation sites (tertiary alicyclic amines) is 1. The number of nitrogens with one attached hydrogen (secondary N) is 2. The minimum absolute atomic E-state index is 0.0166. The van der Waals surface area contributed by atoms with Gasteiger partial charge in [0, 0.05) is 30.2 Å². The molecule has 5 rings (SSSR count). The Hall–Kier alpha value is -3.73. The van der Waals surface area contributed by atoms with Crippen LogP contribution in [0.25, 0.3) is 0 Å². The Labute approximate surface area is 222 Å². The molecule has 1 saturated heterocycles. The highest BCUT2D eigenvalue weighted by molar-refractivity contribution is 7.92. The van der Waals surface area contributed by atoms with Gasteiger partial charge in [-0.25, -0.2) is 13.4 Å². The van der Waals surface area contributed by atoms with Crippen LogP contribution in [0.15, 0.2) is 65.8 Å². The van der Waals surface area contributed by atoms with Gasteiger partial charge in [-0.05, 0) is 81.5 Å². The van der Waals surface area contributed by atoms with E-state index in [0.717, 1.165) is 25.7 Å². The molecule has 1 unspecified atom stereocenters. The third-order valence-corrected chi connectivity index (χ3v) is 8.71. The van der Waals surface area contributed by atoms with Crippen molar-refractivity contribution in [1.29, 1.82) is 0 Å². The number of carbonyl (C=O) groups excluding carboxylic acids is 2. The second-order valence-corrected chi connectivity index (χ2v) is 11.8. The number of aromatic nitrogens is 3. The van der Waals surface area contributed by atoms with Crippen LogP contribution in [0.5, 0.6) is 0 Å². The summed E-state index contributed by atoms with van der Waals surface area (Å²) in [5.41, 5.74) is 0.945. The predicted octanol–water partition coefficient (Wildman–Crippen LogP) is 4.07. The molecule has 1 aliphatic carbocycles. The first-order chi connectivity index (χ1) is 18.2. The maximum absolute atomic E-state index is 13.8. The lowest BCUT2D eigenvalue weighted by atomic mass is 9.84. The highest BCUT2D eigenvalue weighted by atomic mass is 32.2. The molecule has 3 heterocycles. The highest BCUT2D eigenvalue weighted by Crippen LogP contribution is 2.41. The van der Waals surface area contributed by atoms with Gasteiger partial charge in [0.25, 0.3) is 15.9 Å². The fourth-order valence-electron chi connectivity index (χ4n) is 5.58. The number of rotatable bonds is 7. The fraction of sp³-hybridized carbons (Fsp3) is 0.407. The van der Waals surface area contributed by atoms with Crippen molar-refractivity contribution in [3.8, 4) is 0 Å². The van der Waals surface area contributed by atoms with Crippen LogP contribution in [0, 0.1) is 5.92 Å². The summed E-state index contributed by atoms with van der Waals surface area (Å²) in [6.07, 6.45) is 7.74. The maximum atomic E-state index is 13.8. The van der Waals surface area contributed by atoms with E-state index in [9.17, 15) is 18.0 Å². The van der Waals surface area contributed by atoms with Gasteiger partial charge < -0.3 is 10.2 Å². The monoisotopic (exact) mass is 536 g/mol. The van der Waals surface area contributed by atoms with Crippen molar-refractivity contribution in [2.45, 2.75) is 69.0 Å². The van der Waals surface area contributed by atoms with Gasteiger partial charge in [-0.15, -0.1) is 0 Å². The average molecular weight is 537 g/mol. The van der Waals surface area contributed by atoms with Crippen molar-refractivity contribution < 1.29 is 18.0 Å². The quantitative estimate of drug-likeness (QED) is 0.469. The summed E-state index contributed by atoms with van der Waals surface area (Å²) in [5, 5.41) is 7.22. The Morgan fingerprint density at radius 3 is 2.47 bits per heavy atom. The van der Waals surface area contributed by atoms with Crippen LogP contribution in [0.4, 0.5) is 11.5 Å². The van der Waals surface area contributed by atoms with Crippen LogP contribution in [0.3, 0.4) is 0 Å². The third kappa shape index (κ3) is 5.15. The van der Waals surface area contributed by atoms with Gasteiger partial charge in [0.05, 0.1) is 4.90 Å². The van der Waals surface area contributed by atoms with E-state index < -0.39 is 16.1 Å². The summed E-state index contributed by atoms with van der Waals surface area (Å²) in [5.74, 6) is 0.0542. The van der Waals surface area contributed by atoms with E-state index in [1.807, 2.05) is 13.8 Å². The first kappa shape index (κ1) is 25.9. The van der Waals surface area contributed by atoms with Gasteiger partial charge in [-0.1, -0.05) is 18.9 Å². The molecule has 0 spiro atoms. The lowest BCUT2D eigenvalue weighted by Gasteiger charge is -2.33. The van der Waals surface area contributed by atoms with E-state index >= 15 is 0 Å². The lowest BCUT2D eigenvalue weighted by molar-refractivity contribution is -0.120. The first-order valence-electron chi connectivity index (χ1n) is 13.0. The third-order valence-electron chi connectivity index (χ3n) is 7.34. The summed E-state index contributed by atoms with van der Waals surface area (Å²) >= 11 is 0. The Kier molecular flexibility index (Phi) is 7.20. The predicted molar refractivity (Wildman–Crippen MR) is 143 cm³/mol. The number of carbonyl (C=O) groups is 2. The van der Waals surface area contributed by atoms with Crippen molar-refractivity contribution in [3.05, 3.63) is 66.6 Å². The number of amides is 2. The molecule has 0 bridgehead atoms. The van der Waals surface area contributed by atoms with Crippen molar-refractivity contribution in [2.75, 3.05) is 10.0 Å². The van der Waals surface area contributed by atoms with E-state index in [1.54, 1.807) is 52.2 Å². The molecule has 0 radical (unpaired) electrons. The molecular weight excluding hydrogens is 504 g/mol. The van der Waals surface area contributed by atoms with Crippen LogP contribution in [0.1, 0.15) is 62.5 Å². The molecule has 3 aromatic rings. The number of hydrogen-bond donors (Lipinski definition) is 2. The molecule has 2 aromatic heterocycles. The highest BCUT2D eigenvalue weighted by Gasteiger charge is 2.48. The zero-order chi connectivity index (χ0) is 26.9. The van der Waals surface area contributed by atoms with Crippen molar-refractivity contribution >= 4 is 33.3 Å². The standard InChI is InChI=1S/C27H32N6O4S/c1-18(2)33-23(14-16-29-33)27(35)32-22-8-4-3-7-19(22)17-24(32)26(34)30-20-10-12-21(13-11-20)38(36,37)31-25-9-5-6-15-28-25/h5-6,9-16,18-19,22,24H,3-4,7-8,17H2,1-2H3,(H,28,31)(H,30,34)/t19-,22+,24?/m0/s1. The van der Waals surface area contributed by atoms with E-state index in [1.165, 1.54) is 18.3 Å². The Morgan fingerprint density at radius 2 is 1.76 bits per heavy atom. The molecule has 2 amide bonds. The number of nitrogens with zero attached hydrogens (tertiary/aromatic N) is 4. The molecule has 2 fully saturated rings. The largest absolute Gasteiger partial charge is 0.324 e. The average Bonchev–Trinajstić information content (AvgIpc) is 3.55. The van der Waals surface area contributed by atoms with Crippen molar-refractivity contribution in [2.24, 2.45) is 5.92 Å². The molecule has 10 nitrogen and oxygen atoms in total. The van der Waals surface area contributed by atoms with Crippen LogP contribution in [-0.4, -0.2) is 52.0 Å². The van der Waals surface area contributed by atoms with Gasteiger partial charge in [0.15, 0.2) is 0 Å². The molecule has 1 aliphatic heterocycles. The summed E-state index contributed by atoms with van der Waals surface area (Å²) in [7, 11) is -3.83. The number of sulfonamides is 1. The molecule has 1 aromatic carbocycles. The van der Waals surface area contributed by atoms with Gasteiger partial charge >= 0.3 is 0 Å². The maximum Gasteiger partial charge on any atom is 0.273 e. The Bertz CT molecular complexity index is 1400. The number of hydrogen-bond acceptors (Lipinski definition) is 6. The van der Waals surface area contributed by atoms with Gasteiger partial charge in [0.1, 0.15) is 17.6 Å². The van der Waals surface area contributed by atoms with Crippen molar-refractivity contribution in [1.82, 2.24) is 19.7 Å². The minimum atomic E-state index is -3.83. The van der Waals surface area contributed by atoms with Crippen LogP contribution < -0.4 is 10.0 Å². The molecule has 2 N–H and O–H groups in total. The number of anilines is 2. The van der Waals surface area contributed by atoms with Gasteiger partial charge in [-0.3, -0.25) is 19.0 Å². The number of pyridine rings is 1. The van der Waals surface area contributed by atoms with E-state index in [-0.39, 0.29) is 40.5 Å². The Balaban J connectivity index is 1.34. The van der Waals surface area contributed by atoms with Gasteiger partial charge in [0.2, 0.25) is 5.91 Å². The fourth-order valence-corrected chi connectivity index (χ4v) is 6.58. The van der Waals surface area contributed by atoms with E-state index in [4.69, 9.17) is 0 Å². The molecule has 38 heavy (non-hydrogen) atoms. The molecule has 11 heteroatoms. The van der Waals surface area contributed by atoms with E-state index in [2.05, 4.69) is 20.1 Å². The first-order valence-corrected chi connectivity index (χ1v) is 14.4. The van der Waals surface area contributed by atoms with Crippen LogP contribution in [0.2, 0.25) is 0 Å². The zero-order valence-corrected chi connectivity index (χ0v) is 22.3. The molecular formula is C27H32N6O4S. The summed E-state index contributed by atoms with van der Waals surface area (Å²) < 4.78 is 29.5. The minimum Gasteiger partial charge on any atom is -0.324 e. The van der Waals surface area contributed by atoms with Crippen molar-refractivity contribution in [3.63, 3.8) is 0 Å². The SMILES string of the molecule is CC(C)n1nccc1C(=O)N1C(C(=O)Nc2ccc(S(=O)(=O)Nc3ccccn3)cc2)C[C@@H]2CCCC[C@H]21. The summed E-state index contributed by atoms with van der Waals surface area (Å²) in [4.78, 5) is 33.1. The molecule has 1 saturated carbocycles. The molecule has 200 valence electrons. The molecule has 2 aliphatic rings. The Morgan fingerprint density at radius 1 is 1.00 bits per heavy atom. The number of benzene rings is 1. The number of fused-ring (bicyclic) bond motifs is 1.